The van der Waals surface area contributed by atoms with Gasteiger partial charge in [-0.2, -0.15) is 0 Å². The molecule has 0 bridgehead atoms. The number of amidine groups is 1. The van der Waals surface area contributed by atoms with Crippen LogP contribution in [0.25, 0.3) is 0 Å². The highest BCUT2D eigenvalue weighted by Crippen LogP contribution is 2.28. The zero-order valence-electron chi connectivity index (χ0n) is 15.3. The Balaban J connectivity index is 1.71. The number of aliphatic imine (C=N–C) groups is 1. The molecular weight excluding hydrogens is 382 g/mol. The van der Waals surface area contributed by atoms with Gasteiger partial charge in [-0.15, -0.1) is 0 Å². The number of hydrogen-bond donors (Lipinski definition) is 1. The third-order valence-electron chi connectivity index (χ3n) is 4.26. The highest BCUT2D eigenvalue weighted by Gasteiger charge is 2.30. The van der Waals surface area contributed by atoms with Crippen LogP contribution in [0.2, 0.25) is 5.02 Å². The van der Waals surface area contributed by atoms with Gasteiger partial charge in [0.15, 0.2) is 5.17 Å². The van der Waals surface area contributed by atoms with Crippen LogP contribution in [0, 0.1) is 13.8 Å². The van der Waals surface area contributed by atoms with Gasteiger partial charge in [0.2, 0.25) is 5.91 Å². The SMILES string of the molecule is Cc1ccc(N2C(=O)CN=C2S[C@H](C)C(=O)Nc2cccc(Cl)c2C)cc1. The van der Waals surface area contributed by atoms with E-state index >= 15 is 0 Å². The van der Waals surface area contributed by atoms with Crippen LogP contribution in [0.4, 0.5) is 11.4 Å². The molecule has 0 fully saturated rings. The Morgan fingerprint density at radius 3 is 2.63 bits per heavy atom. The first kappa shape index (κ1) is 19.5. The Labute approximate surface area is 167 Å². The van der Waals surface area contributed by atoms with Gasteiger partial charge in [0.05, 0.1) is 10.9 Å². The van der Waals surface area contributed by atoms with Gasteiger partial charge < -0.3 is 5.32 Å². The molecule has 2 aromatic rings. The van der Waals surface area contributed by atoms with Crippen LogP contribution in [-0.4, -0.2) is 28.8 Å². The van der Waals surface area contributed by atoms with Gasteiger partial charge >= 0.3 is 0 Å². The standard InChI is InChI=1S/C20H20ClN3O2S/c1-12-7-9-15(10-8-12)24-18(25)11-22-20(24)27-14(3)19(26)23-17-6-4-5-16(21)13(17)2/h4-10,14H,11H2,1-3H3,(H,23,26)/t14-/m1/s1. The van der Waals surface area contributed by atoms with Gasteiger partial charge in [0.1, 0.15) is 6.54 Å². The van der Waals surface area contributed by atoms with E-state index in [1.165, 1.54) is 11.8 Å². The average molecular weight is 402 g/mol. The summed E-state index contributed by atoms with van der Waals surface area (Å²) in [6, 6.07) is 13.0. The molecular formula is C20H20ClN3O2S. The van der Waals surface area contributed by atoms with E-state index in [0.717, 1.165) is 16.8 Å². The summed E-state index contributed by atoms with van der Waals surface area (Å²) in [5, 5.41) is 3.60. The van der Waals surface area contributed by atoms with Crippen LogP contribution in [0.15, 0.2) is 47.5 Å². The molecule has 2 aromatic carbocycles. The summed E-state index contributed by atoms with van der Waals surface area (Å²) in [4.78, 5) is 30.8. The summed E-state index contributed by atoms with van der Waals surface area (Å²) in [6.07, 6.45) is 0. The van der Waals surface area contributed by atoms with E-state index in [1.54, 1.807) is 24.0 Å². The molecule has 2 amide bonds. The molecule has 0 aliphatic carbocycles. The van der Waals surface area contributed by atoms with E-state index in [-0.39, 0.29) is 18.4 Å². The Morgan fingerprint density at radius 2 is 1.93 bits per heavy atom. The van der Waals surface area contributed by atoms with Crippen molar-refractivity contribution in [3.05, 3.63) is 58.6 Å². The van der Waals surface area contributed by atoms with E-state index in [2.05, 4.69) is 10.3 Å². The third kappa shape index (κ3) is 4.34. The number of rotatable bonds is 4. The molecule has 27 heavy (non-hydrogen) atoms. The van der Waals surface area contributed by atoms with E-state index in [0.29, 0.717) is 15.9 Å². The van der Waals surface area contributed by atoms with Gasteiger partial charge in [-0.3, -0.25) is 19.5 Å². The predicted octanol–water partition coefficient (Wildman–Crippen LogP) is 4.42. The van der Waals surface area contributed by atoms with Crippen molar-refractivity contribution in [1.29, 1.82) is 0 Å². The summed E-state index contributed by atoms with van der Waals surface area (Å²) in [5.41, 5.74) is 3.37. The fraction of sp³-hybridized carbons (Fsp3) is 0.250. The lowest BCUT2D eigenvalue weighted by Gasteiger charge is -2.20. The Morgan fingerprint density at radius 1 is 1.22 bits per heavy atom. The lowest BCUT2D eigenvalue weighted by atomic mass is 10.2. The van der Waals surface area contributed by atoms with Crippen LogP contribution in [0.1, 0.15) is 18.1 Å². The number of anilines is 2. The van der Waals surface area contributed by atoms with Crippen LogP contribution in [0.5, 0.6) is 0 Å². The first-order valence-electron chi connectivity index (χ1n) is 8.53. The summed E-state index contributed by atoms with van der Waals surface area (Å²) in [7, 11) is 0. The molecule has 1 aliphatic heterocycles. The molecule has 0 unspecified atom stereocenters. The number of thioether (sulfide) groups is 1. The fourth-order valence-corrected chi connectivity index (χ4v) is 3.72. The minimum Gasteiger partial charge on any atom is -0.325 e. The minimum absolute atomic E-state index is 0.0952. The number of carbonyl (C=O) groups excluding carboxylic acids is 2. The predicted molar refractivity (Wildman–Crippen MR) is 113 cm³/mol. The van der Waals surface area contributed by atoms with Gasteiger partial charge in [-0.25, -0.2) is 0 Å². The summed E-state index contributed by atoms with van der Waals surface area (Å²) in [5.74, 6) is -0.268. The lowest BCUT2D eigenvalue weighted by Crippen LogP contribution is -2.33. The van der Waals surface area contributed by atoms with E-state index in [4.69, 9.17) is 11.6 Å². The average Bonchev–Trinajstić information content (AvgIpc) is 3.00. The van der Waals surface area contributed by atoms with Gasteiger partial charge in [0, 0.05) is 10.7 Å². The van der Waals surface area contributed by atoms with Crippen molar-refractivity contribution >= 4 is 51.7 Å². The topological polar surface area (TPSA) is 61.8 Å². The maximum atomic E-state index is 12.6. The number of halogens is 1. The number of nitrogens with zero attached hydrogens (tertiary/aromatic N) is 2. The molecule has 1 aliphatic rings. The molecule has 7 heteroatoms. The van der Waals surface area contributed by atoms with Crippen LogP contribution in [0.3, 0.4) is 0 Å². The summed E-state index contributed by atoms with van der Waals surface area (Å²) in [6.45, 7) is 5.73. The van der Waals surface area contributed by atoms with Crippen molar-refractivity contribution in [3.8, 4) is 0 Å². The molecule has 0 saturated carbocycles. The van der Waals surface area contributed by atoms with E-state index < -0.39 is 5.25 Å². The maximum absolute atomic E-state index is 12.6. The van der Waals surface area contributed by atoms with Gasteiger partial charge in [0.25, 0.3) is 5.91 Å². The van der Waals surface area contributed by atoms with Gasteiger partial charge in [-0.1, -0.05) is 47.1 Å². The number of carbonyl (C=O) groups is 2. The van der Waals surface area contributed by atoms with Crippen molar-refractivity contribution in [1.82, 2.24) is 0 Å². The molecule has 3 rings (SSSR count). The third-order valence-corrected chi connectivity index (χ3v) is 5.76. The lowest BCUT2D eigenvalue weighted by molar-refractivity contribution is -0.116. The highest BCUT2D eigenvalue weighted by molar-refractivity contribution is 8.15. The number of nitrogens with one attached hydrogen (secondary N) is 1. The van der Waals surface area contributed by atoms with E-state index in [9.17, 15) is 9.59 Å². The van der Waals surface area contributed by atoms with Crippen LogP contribution in [-0.2, 0) is 9.59 Å². The highest BCUT2D eigenvalue weighted by atomic mass is 35.5. The number of amides is 2. The van der Waals surface area contributed by atoms with Crippen molar-refractivity contribution < 1.29 is 9.59 Å². The first-order valence-corrected chi connectivity index (χ1v) is 9.79. The number of hydrogen-bond acceptors (Lipinski definition) is 4. The molecule has 1 heterocycles. The second-order valence-electron chi connectivity index (χ2n) is 6.33. The van der Waals surface area contributed by atoms with Crippen molar-refractivity contribution in [2.75, 3.05) is 16.8 Å². The van der Waals surface area contributed by atoms with Crippen molar-refractivity contribution in [3.63, 3.8) is 0 Å². The second kappa shape index (κ2) is 8.15. The molecule has 1 atom stereocenters. The zero-order valence-corrected chi connectivity index (χ0v) is 16.9. The summed E-state index contributed by atoms with van der Waals surface area (Å²) < 4.78 is 0. The van der Waals surface area contributed by atoms with E-state index in [1.807, 2.05) is 44.2 Å². The summed E-state index contributed by atoms with van der Waals surface area (Å²) >= 11 is 7.37. The molecule has 5 nitrogen and oxygen atoms in total. The normalized spacial score (nSPS) is 14.9. The van der Waals surface area contributed by atoms with Gasteiger partial charge in [-0.05, 0) is 50.6 Å². The fourth-order valence-electron chi connectivity index (χ4n) is 2.61. The number of aryl methyl sites for hydroxylation is 1. The monoisotopic (exact) mass is 401 g/mol. The van der Waals surface area contributed by atoms with Crippen LogP contribution < -0.4 is 10.2 Å². The first-order chi connectivity index (χ1) is 12.9. The maximum Gasteiger partial charge on any atom is 0.254 e. The van der Waals surface area contributed by atoms with Crippen molar-refractivity contribution in [2.45, 2.75) is 26.0 Å². The zero-order chi connectivity index (χ0) is 19.6. The molecule has 0 saturated heterocycles. The molecule has 0 radical (unpaired) electrons. The van der Waals surface area contributed by atoms with Crippen LogP contribution >= 0.6 is 23.4 Å². The van der Waals surface area contributed by atoms with Crippen molar-refractivity contribution in [2.24, 2.45) is 4.99 Å². The number of benzene rings is 2. The second-order valence-corrected chi connectivity index (χ2v) is 8.04. The Bertz CT molecular complexity index is 912. The largest absolute Gasteiger partial charge is 0.325 e. The minimum atomic E-state index is -0.430. The Kier molecular flexibility index (Phi) is 5.87. The molecule has 0 aromatic heterocycles. The molecule has 140 valence electrons. The molecule has 0 spiro atoms. The quantitative estimate of drug-likeness (QED) is 0.824. The Hall–Kier alpha value is -2.31. The smallest absolute Gasteiger partial charge is 0.254 e. The molecule has 1 N–H and O–H groups in total.